The Balaban J connectivity index is 2.28. The molecule has 0 saturated carbocycles. The molecule has 6 heteroatoms. The fourth-order valence-corrected chi connectivity index (χ4v) is 3.17. The Morgan fingerprint density at radius 3 is 2.57 bits per heavy atom. The van der Waals surface area contributed by atoms with E-state index in [-0.39, 0.29) is 35.4 Å². The van der Waals surface area contributed by atoms with Crippen molar-refractivity contribution in [3.8, 4) is 0 Å². The van der Waals surface area contributed by atoms with Gasteiger partial charge < -0.3 is 10.2 Å². The van der Waals surface area contributed by atoms with Crippen LogP contribution in [0.4, 0.5) is 4.39 Å². The minimum absolute atomic E-state index is 0.143. The molecule has 0 bridgehead atoms. The number of aryl methyl sites for hydroxylation is 1. The van der Waals surface area contributed by atoms with Gasteiger partial charge in [0.05, 0.1) is 6.42 Å². The quantitative estimate of drug-likeness (QED) is 0.714. The first kappa shape index (κ1) is 21.9. The second-order valence-corrected chi connectivity index (χ2v) is 7.26. The monoisotopic (exact) mass is 404 g/mol. The van der Waals surface area contributed by atoms with Crippen LogP contribution in [-0.2, 0) is 22.6 Å². The lowest BCUT2D eigenvalue weighted by molar-refractivity contribution is -0.140. The molecule has 0 aliphatic carbocycles. The van der Waals surface area contributed by atoms with Crippen molar-refractivity contribution < 1.29 is 14.0 Å². The zero-order valence-electron chi connectivity index (χ0n) is 16.5. The smallest absolute Gasteiger partial charge is 0.242 e. The van der Waals surface area contributed by atoms with E-state index >= 15 is 0 Å². The zero-order chi connectivity index (χ0) is 20.7. The van der Waals surface area contributed by atoms with E-state index in [1.165, 1.54) is 17.0 Å². The lowest BCUT2D eigenvalue weighted by Gasteiger charge is -2.29. The molecule has 28 heavy (non-hydrogen) atoms. The summed E-state index contributed by atoms with van der Waals surface area (Å²) in [6.45, 7) is 6.40. The highest BCUT2D eigenvalue weighted by Crippen LogP contribution is 2.21. The fourth-order valence-electron chi connectivity index (χ4n) is 2.94. The van der Waals surface area contributed by atoms with E-state index in [0.29, 0.717) is 6.54 Å². The maximum absolute atomic E-state index is 14.1. The van der Waals surface area contributed by atoms with Crippen molar-refractivity contribution in [1.82, 2.24) is 10.2 Å². The summed E-state index contributed by atoms with van der Waals surface area (Å²) in [7, 11) is 0. The van der Waals surface area contributed by atoms with E-state index in [0.717, 1.165) is 17.5 Å². The molecule has 4 nitrogen and oxygen atoms in total. The molecule has 2 aromatic rings. The number of nitrogens with one attached hydrogen (secondary N) is 1. The molecular weight excluding hydrogens is 379 g/mol. The Morgan fingerprint density at radius 2 is 1.93 bits per heavy atom. The van der Waals surface area contributed by atoms with Crippen LogP contribution in [0, 0.1) is 12.7 Å². The molecule has 0 unspecified atom stereocenters. The van der Waals surface area contributed by atoms with E-state index in [2.05, 4.69) is 5.32 Å². The van der Waals surface area contributed by atoms with Gasteiger partial charge in [-0.2, -0.15) is 0 Å². The van der Waals surface area contributed by atoms with Gasteiger partial charge >= 0.3 is 0 Å². The fraction of sp³-hybridized carbons (Fsp3) is 0.364. The third-order valence-electron chi connectivity index (χ3n) is 4.54. The molecule has 2 aromatic carbocycles. The average molecular weight is 405 g/mol. The number of hydrogen-bond donors (Lipinski definition) is 1. The van der Waals surface area contributed by atoms with Gasteiger partial charge in [0.2, 0.25) is 11.8 Å². The molecule has 0 radical (unpaired) electrons. The highest BCUT2D eigenvalue weighted by molar-refractivity contribution is 6.31. The van der Waals surface area contributed by atoms with E-state index in [4.69, 9.17) is 11.6 Å². The van der Waals surface area contributed by atoms with Crippen LogP contribution in [0.15, 0.2) is 42.5 Å². The molecule has 0 fully saturated rings. The van der Waals surface area contributed by atoms with Crippen molar-refractivity contribution >= 4 is 23.4 Å². The van der Waals surface area contributed by atoms with Crippen molar-refractivity contribution in [1.29, 1.82) is 0 Å². The van der Waals surface area contributed by atoms with Gasteiger partial charge in [-0.1, -0.05) is 54.4 Å². The van der Waals surface area contributed by atoms with E-state index < -0.39 is 11.9 Å². The van der Waals surface area contributed by atoms with Crippen LogP contribution < -0.4 is 5.32 Å². The Labute approximate surface area is 170 Å². The predicted octanol–water partition coefficient (Wildman–Crippen LogP) is 4.27. The Morgan fingerprint density at radius 1 is 1.21 bits per heavy atom. The van der Waals surface area contributed by atoms with Gasteiger partial charge in [-0.25, -0.2) is 4.39 Å². The molecule has 150 valence electrons. The van der Waals surface area contributed by atoms with Crippen molar-refractivity contribution in [2.24, 2.45) is 0 Å². The second kappa shape index (κ2) is 10.2. The minimum Gasteiger partial charge on any atom is -0.354 e. The molecule has 0 saturated heterocycles. The van der Waals surface area contributed by atoms with Crippen molar-refractivity contribution in [3.63, 3.8) is 0 Å². The average Bonchev–Trinajstić information content (AvgIpc) is 2.66. The normalized spacial score (nSPS) is 11.8. The summed E-state index contributed by atoms with van der Waals surface area (Å²) in [6.07, 6.45) is 0.595. The lowest BCUT2D eigenvalue weighted by Crippen LogP contribution is -2.48. The first-order valence-electron chi connectivity index (χ1n) is 9.39. The molecule has 0 aromatic heterocycles. The van der Waals surface area contributed by atoms with E-state index in [9.17, 15) is 14.0 Å². The summed E-state index contributed by atoms with van der Waals surface area (Å²) < 4.78 is 14.1. The number of hydrogen-bond acceptors (Lipinski definition) is 2. The first-order chi connectivity index (χ1) is 13.3. The van der Waals surface area contributed by atoms with Gasteiger partial charge in [-0.3, -0.25) is 9.59 Å². The summed E-state index contributed by atoms with van der Waals surface area (Å²) in [6, 6.07) is 11.4. The van der Waals surface area contributed by atoms with Gasteiger partial charge in [-0.15, -0.1) is 0 Å². The number of carbonyl (C=O) groups is 2. The summed E-state index contributed by atoms with van der Waals surface area (Å²) in [4.78, 5) is 27.0. The zero-order valence-corrected chi connectivity index (χ0v) is 17.2. The van der Waals surface area contributed by atoms with Gasteiger partial charge in [0.15, 0.2) is 0 Å². The van der Waals surface area contributed by atoms with Crippen LogP contribution in [0.3, 0.4) is 0 Å². The number of benzene rings is 2. The van der Waals surface area contributed by atoms with E-state index in [1.54, 1.807) is 13.0 Å². The summed E-state index contributed by atoms with van der Waals surface area (Å²) in [5.74, 6) is -1.12. The maximum atomic E-state index is 14.1. The highest BCUT2D eigenvalue weighted by Gasteiger charge is 2.27. The molecule has 0 aliphatic rings. The molecule has 1 atom stereocenters. The molecule has 2 rings (SSSR count). The number of halogens is 2. The van der Waals surface area contributed by atoms with Crippen molar-refractivity contribution in [2.45, 2.75) is 46.2 Å². The number of nitrogens with zero attached hydrogens (tertiary/aromatic N) is 1. The molecule has 0 spiro atoms. The topological polar surface area (TPSA) is 49.4 Å². The Kier molecular flexibility index (Phi) is 8.00. The Hall–Kier alpha value is -2.40. The van der Waals surface area contributed by atoms with Crippen LogP contribution >= 0.6 is 11.6 Å². The minimum atomic E-state index is -0.690. The number of rotatable bonds is 8. The van der Waals surface area contributed by atoms with Gasteiger partial charge in [0, 0.05) is 23.7 Å². The largest absolute Gasteiger partial charge is 0.354 e. The van der Waals surface area contributed by atoms with Crippen LogP contribution in [0.2, 0.25) is 5.02 Å². The Bertz CT molecular complexity index is 821. The van der Waals surface area contributed by atoms with Crippen LogP contribution in [0.1, 0.15) is 37.0 Å². The molecule has 0 aliphatic heterocycles. The molecule has 2 amide bonds. The van der Waals surface area contributed by atoms with Gasteiger partial charge in [0.25, 0.3) is 0 Å². The SMILES string of the molecule is CCCNC(=O)[C@H](C)N(Cc1cccc(C)c1)C(=O)Cc1c(F)cccc1Cl. The number of carbonyl (C=O) groups excluding carboxylic acids is 2. The first-order valence-corrected chi connectivity index (χ1v) is 9.76. The van der Waals surface area contributed by atoms with Crippen LogP contribution in [0.5, 0.6) is 0 Å². The van der Waals surface area contributed by atoms with Crippen LogP contribution in [-0.4, -0.2) is 29.3 Å². The van der Waals surface area contributed by atoms with Crippen molar-refractivity contribution in [2.75, 3.05) is 6.54 Å². The molecule has 0 heterocycles. The third-order valence-corrected chi connectivity index (χ3v) is 4.90. The molecular formula is C22H26ClFN2O2. The maximum Gasteiger partial charge on any atom is 0.242 e. The lowest BCUT2D eigenvalue weighted by atomic mass is 10.1. The molecule has 1 N–H and O–H groups in total. The van der Waals surface area contributed by atoms with Crippen LogP contribution in [0.25, 0.3) is 0 Å². The van der Waals surface area contributed by atoms with E-state index in [1.807, 2.05) is 38.1 Å². The summed E-state index contributed by atoms with van der Waals surface area (Å²) in [5.41, 5.74) is 2.11. The predicted molar refractivity (Wildman–Crippen MR) is 110 cm³/mol. The van der Waals surface area contributed by atoms with Crippen molar-refractivity contribution in [3.05, 3.63) is 70.0 Å². The summed E-state index contributed by atoms with van der Waals surface area (Å²) >= 11 is 6.08. The van der Waals surface area contributed by atoms with Gasteiger partial charge in [-0.05, 0) is 38.0 Å². The summed E-state index contributed by atoms with van der Waals surface area (Å²) in [5, 5.41) is 3.02. The number of amides is 2. The van der Waals surface area contributed by atoms with Gasteiger partial charge in [0.1, 0.15) is 11.9 Å². The second-order valence-electron chi connectivity index (χ2n) is 6.85. The highest BCUT2D eigenvalue weighted by atomic mass is 35.5. The standard InChI is InChI=1S/C22H26ClFN2O2/c1-4-11-25-22(28)16(3)26(14-17-8-5-7-15(2)12-17)21(27)13-18-19(23)9-6-10-20(18)24/h5-10,12,16H,4,11,13-14H2,1-3H3,(H,25,28)/t16-/m0/s1. The third kappa shape index (κ3) is 5.80.